The van der Waals surface area contributed by atoms with E-state index in [1.807, 2.05) is 0 Å². The number of hydrogen-bond donors (Lipinski definition) is 0. The van der Waals surface area contributed by atoms with Crippen molar-refractivity contribution < 1.29 is 10.2 Å². The first-order chi connectivity index (χ1) is 23.0. The van der Waals surface area contributed by atoms with Crippen molar-refractivity contribution in [2.75, 3.05) is 13.2 Å². The van der Waals surface area contributed by atoms with E-state index in [1.165, 1.54) is 180 Å². The first-order valence-corrected chi connectivity index (χ1v) is 25.9. The van der Waals surface area contributed by atoms with Gasteiger partial charge in [-0.2, -0.15) is 0 Å². The van der Waals surface area contributed by atoms with Crippen LogP contribution in [0.2, 0.25) is 8.87 Å². The Morgan fingerprint density at radius 1 is 0.319 bits per heavy atom. The quantitative estimate of drug-likeness (QED) is 0.0470. The third-order valence-electron chi connectivity index (χ3n) is 9.27. The normalized spacial score (nSPS) is 10.9. The van der Waals surface area contributed by atoms with Gasteiger partial charge in [-0.15, -0.1) is 13.2 Å². The van der Waals surface area contributed by atoms with Gasteiger partial charge in [0.25, 0.3) is 0 Å². The van der Waals surface area contributed by atoms with Crippen molar-refractivity contribution in [3.05, 3.63) is 0 Å². The van der Waals surface area contributed by atoms with E-state index in [2.05, 4.69) is 41.5 Å². The van der Waals surface area contributed by atoms with Crippen LogP contribution in [0.1, 0.15) is 247 Å². The Morgan fingerprint density at radius 2 is 0.532 bits per heavy atom. The third kappa shape index (κ3) is 62.3. The molecule has 0 spiro atoms. The predicted octanol–water partition coefficient (Wildman–Crippen LogP) is 14.1. The summed E-state index contributed by atoms with van der Waals surface area (Å²) in [6.07, 6.45) is 43.7. The van der Waals surface area contributed by atoms with E-state index in [1.54, 1.807) is 8.87 Å². The SMILES string of the molecule is CC(C)CCCCCCCCCCCCCCC[O-].CC(C)CCCCCCCCCCCCCCC[O-].CCC[CH2][Sn+2][CH2]CCC. The average Bonchev–Trinajstić information content (AvgIpc) is 3.05. The Hall–Kier alpha value is 0.719. The van der Waals surface area contributed by atoms with Gasteiger partial charge in [0.15, 0.2) is 0 Å². The van der Waals surface area contributed by atoms with Gasteiger partial charge in [0.1, 0.15) is 0 Å². The molecule has 0 rings (SSSR count). The first-order valence-electron chi connectivity index (χ1n) is 21.8. The maximum absolute atomic E-state index is 10.3. The Labute approximate surface area is 310 Å². The molecule has 0 saturated heterocycles. The minimum absolute atomic E-state index is 0.122. The van der Waals surface area contributed by atoms with Gasteiger partial charge in [0.05, 0.1) is 0 Å². The molecule has 0 aliphatic carbocycles. The zero-order valence-electron chi connectivity index (χ0n) is 33.9. The Balaban J connectivity index is -0.000000658. The maximum atomic E-state index is 10.3. The topological polar surface area (TPSA) is 46.1 Å². The zero-order valence-corrected chi connectivity index (χ0v) is 36.8. The van der Waals surface area contributed by atoms with Gasteiger partial charge in [-0.25, -0.2) is 0 Å². The summed E-state index contributed by atoms with van der Waals surface area (Å²) in [4.78, 5) is 0. The van der Waals surface area contributed by atoms with E-state index < -0.39 is 0 Å². The molecule has 0 N–H and O–H groups in total. The Bertz CT molecular complexity index is 440. The molecular weight excluding hydrogens is 679 g/mol. The van der Waals surface area contributed by atoms with Crippen molar-refractivity contribution in [1.82, 2.24) is 0 Å². The molecule has 0 heterocycles. The van der Waals surface area contributed by atoms with Crippen LogP contribution < -0.4 is 10.2 Å². The van der Waals surface area contributed by atoms with E-state index >= 15 is 0 Å². The molecule has 0 aromatic rings. The van der Waals surface area contributed by atoms with Gasteiger partial charge in [-0.05, 0) is 11.8 Å². The van der Waals surface area contributed by atoms with Crippen molar-refractivity contribution in [2.24, 2.45) is 11.8 Å². The molecule has 0 fully saturated rings. The molecule has 0 atom stereocenters. The van der Waals surface area contributed by atoms with Gasteiger partial charge in [0.2, 0.25) is 0 Å². The fourth-order valence-corrected chi connectivity index (χ4v) is 10.1. The van der Waals surface area contributed by atoms with Gasteiger partial charge in [0, 0.05) is 0 Å². The molecule has 0 bridgehead atoms. The van der Waals surface area contributed by atoms with Gasteiger partial charge in [-0.3, -0.25) is 0 Å². The van der Waals surface area contributed by atoms with Crippen LogP contribution >= 0.6 is 0 Å². The summed E-state index contributed by atoms with van der Waals surface area (Å²) in [5.74, 6) is 1.77. The summed E-state index contributed by atoms with van der Waals surface area (Å²) < 4.78 is 3.25. The predicted molar refractivity (Wildman–Crippen MR) is 214 cm³/mol. The van der Waals surface area contributed by atoms with E-state index in [0.29, 0.717) is 0 Å². The van der Waals surface area contributed by atoms with Crippen LogP contribution in [-0.2, 0) is 0 Å². The molecule has 0 amide bonds. The zero-order chi connectivity index (χ0) is 35.3. The fourth-order valence-electron chi connectivity index (χ4n) is 5.93. The van der Waals surface area contributed by atoms with Crippen molar-refractivity contribution in [3.8, 4) is 0 Å². The van der Waals surface area contributed by atoms with Crippen molar-refractivity contribution in [3.63, 3.8) is 0 Å². The standard InChI is InChI=1S/2C18H37O.2C4H9.Sn/c2*1-18(2)16-14-12-10-8-6-4-3-5-7-9-11-13-15-17-19;2*1-3-4-2;/h2*18H,3-17H2,1-2H3;2*1,3-4H2,2H3;/q2*-1;;;+2. The minimum atomic E-state index is 0.122. The van der Waals surface area contributed by atoms with E-state index in [-0.39, 0.29) is 34.4 Å². The second-order valence-corrected chi connectivity index (χ2v) is 19.7. The van der Waals surface area contributed by atoms with Crippen LogP contribution in [0, 0.1) is 11.8 Å². The van der Waals surface area contributed by atoms with Crippen LogP contribution in [0.15, 0.2) is 0 Å². The fraction of sp³-hybridized carbons (Fsp3) is 1.00. The first kappa shape index (κ1) is 52.1. The average molecular weight is 772 g/mol. The van der Waals surface area contributed by atoms with Gasteiger partial charge in [-0.1, -0.05) is 207 Å². The molecule has 0 aliphatic heterocycles. The molecule has 0 unspecified atom stereocenters. The molecular formula is C44H92O2Sn. The second kappa shape index (κ2) is 51.1. The number of unbranched alkanes of at least 4 members (excludes halogenated alkanes) is 26. The third-order valence-corrected chi connectivity index (χ3v) is 13.3. The van der Waals surface area contributed by atoms with Gasteiger partial charge >= 0.3 is 69.5 Å². The van der Waals surface area contributed by atoms with E-state index in [4.69, 9.17) is 0 Å². The van der Waals surface area contributed by atoms with E-state index in [9.17, 15) is 10.2 Å². The summed E-state index contributed by atoms with van der Waals surface area (Å²) in [5, 5.41) is 20.5. The Morgan fingerprint density at radius 3 is 0.723 bits per heavy atom. The van der Waals surface area contributed by atoms with Crippen molar-refractivity contribution >= 4 is 21.1 Å². The van der Waals surface area contributed by atoms with Gasteiger partial charge < -0.3 is 10.2 Å². The molecule has 0 aliphatic rings. The summed E-state index contributed by atoms with van der Waals surface area (Å²) in [5.41, 5.74) is 0. The monoisotopic (exact) mass is 773 g/mol. The molecule has 0 aromatic carbocycles. The summed E-state index contributed by atoms with van der Waals surface area (Å²) >= 11 is 0.149. The van der Waals surface area contributed by atoms with Crippen molar-refractivity contribution in [1.29, 1.82) is 0 Å². The molecule has 0 aromatic heterocycles. The molecule has 47 heavy (non-hydrogen) atoms. The Kier molecular flexibility index (Phi) is 56.6. The van der Waals surface area contributed by atoms with Crippen LogP contribution in [0.25, 0.3) is 0 Å². The van der Waals surface area contributed by atoms with Crippen LogP contribution in [0.4, 0.5) is 0 Å². The van der Waals surface area contributed by atoms with Crippen LogP contribution in [0.5, 0.6) is 0 Å². The number of hydrogen-bond acceptors (Lipinski definition) is 2. The molecule has 284 valence electrons. The molecule has 3 heteroatoms. The second-order valence-electron chi connectivity index (χ2n) is 15.4. The van der Waals surface area contributed by atoms with Crippen LogP contribution in [-0.4, -0.2) is 34.4 Å². The van der Waals surface area contributed by atoms with E-state index in [0.717, 1.165) is 37.5 Å². The van der Waals surface area contributed by atoms with Crippen LogP contribution in [0.3, 0.4) is 0 Å². The molecule has 0 radical (unpaired) electrons. The molecule has 0 saturated carbocycles. The molecule has 2 nitrogen and oxygen atoms in total. The summed E-state index contributed by atoms with van der Waals surface area (Å²) in [6.45, 7) is 14.1. The number of rotatable bonds is 36. The summed E-state index contributed by atoms with van der Waals surface area (Å²) in [6, 6.07) is 0. The summed E-state index contributed by atoms with van der Waals surface area (Å²) in [7, 11) is 0. The van der Waals surface area contributed by atoms with Crippen molar-refractivity contribution in [2.45, 2.75) is 256 Å².